The fourth-order valence-corrected chi connectivity index (χ4v) is 4.60. The fraction of sp³-hybridized carbons (Fsp3) is 0.733. The average Bonchev–Trinajstić information content (AvgIpc) is 2.99. The maximum absolute atomic E-state index is 5.50. The number of ether oxygens (including phenoxy) is 1. The van der Waals surface area contributed by atoms with Crippen molar-refractivity contribution in [1.82, 2.24) is 4.90 Å². The van der Waals surface area contributed by atoms with E-state index in [2.05, 4.69) is 24.1 Å². The van der Waals surface area contributed by atoms with Crippen molar-refractivity contribution in [1.29, 1.82) is 0 Å². The topological polar surface area (TPSA) is 12.5 Å². The summed E-state index contributed by atoms with van der Waals surface area (Å²) in [6.07, 6.45) is 5.15. The molecule has 0 aliphatic carbocycles. The van der Waals surface area contributed by atoms with E-state index in [9.17, 15) is 0 Å². The molecule has 1 atom stereocenters. The van der Waals surface area contributed by atoms with Gasteiger partial charge in [0, 0.05) is 30.2 Å². The lowest BCUT2D eigenvalue weighted by atomic mass is 10.0. The van der Waals surface area contributed by atoms with Crippen LogP contribution in [0.2, 0.25) is 0 Å². The van der Waals surface area contributed by atoms with Crippen LogP contribution in [0.3, 0.4) is 0 Å². The van der Waals surface area contributed by atoms with Gasteiger partial charge in [-0.1, -0.05) is 0 Å². The standard InChI is InChI=1S/C15H23NOS/c1-11-10-18-15(12(11)2)14-4-3-7-16(14)13-5-8-17-9-6-13/h10,13-14H,3-9H2,1-2H3. The molecule has 3 heteroatoms. The first-order valence-corrected chi connectivity index (χ1v) is 8.03. The molecule has 2 aliphatic heterocycles. The highest BCUT2D eigenvalue weighted by molar-refractivity contribution is 7.10. The van der Waals surface area contributed by atoms with Crippen LogP contribution in [0.5, 0.6) is 0 Å². The SMILES string of the molecule is Cc1csc(C2CCCN2C2CCOCC2)c1C. The van der Waals surface area contributed by atoms with Crippen LogP contribution in [-0.2, 0) is 4.74 Å². The highest BCUT2D eigenvalue weighted by atomic mass is 32.1. The van der Waals surface area contributed by atoms with Gasteiger partial charge in [0.15, 0.2) is 0 Å². The van der Waals surface area contributed by atoms with E-state index >= 15 is 0 Å². The Morgan fingerprint density at radius 3 is 2.67 bits per heavy atom. The van der Waals surface area contributed by atoms with Gasteiger partial charge in [0.05, 0.1) is 0 Å². The summed E-state index contributed by atoms with van der Waals surface area (Å²) < 4.78 is 5.50. The molecule has 0 N–H and O–H groups in total. The Morgan fingerprint density at radius 2 is 2.00 bits per heavy atom. The Kier molecular flexibility index (Phi) is 3.73. The summed E-state index contributed by atoms with van der Waals surface area (Å²) in [6.45, 7) is 7.73. The van der Waals surface area contributed by atoms with Gasteiger partial charge in [-0.2, -0.15) is 0 Å². The zero-order valence-electron chi connectivity index (χ0n) is 11.4. The molecule has 2 saturated heterocycles. The summed E-state index contributed by atoms with van der Waals surface area (Å²) in [4.78, 5) is 4.39. The van der Waals surface area contributed by atoms with Gasteiger partial charge in [0.25, 0.3) is 0 Å². The first kappa shape index (κ1) is 12.6. The van der Waals surface area contributed by atoms with E-state index in [0.717, 1.165) is 19.3 Å². The van der Waals surface area contributed by atoms with Crippen LogP contribution in [0, 0.1) is 13.8 Å². The van der Waals surface area contributed by atoms with Gasteiger partial charge in [0.1, 0.15) is 0 Å². The third-order valence-electron chi connectivity index (χ3n) is 4.58. The van der Waals surface area contributed by atoms with Crippen LogP contribution < -0.4 is 0 Å². The first-order chi connectivity index (χ1) is 8.77. The van der Waals surface area contributed by atoms with Gasteiger partial charge in [-0.3, -0.25) is 4.90 Å². The number of likely N-dealkylation sites (tertiary alicyclic amines) is 1. The minimum atomic E-state index is 0.687. The third kappa shape index (κ3) is 2.24. The van der Waals surface area contributed by atoms with Crippen molar-refractivity contribution in [3.8, 4) is 0 Å². The van der Waals surface area contributed by atoms with Crippen LogP contribution in [-0.4, -0.2) is 30.7 Å². The van der Waals surface area contributed by atoms with Crippen LogP contribution in [0.25, 0.3) is 0 Å². The molecule has 3 rings (SSSR count). The second kappa shape index (κ2) is 5.32. The molecule has 0 saturated carbocycles. The van der Waals surface area contributed by atoms with Crippen molar-refractivity contribution in [2.45, 2.75) is 51.6 Å². The van der Waals surface area contributed by atoms with E-state index in [1.807, 2.05) is 11.3 Å². The summed E-state index contributed by atoms with van der Waals surface area (Å²) in [5.41, 5.74) is 3.00. The van der Waals surface area contributed by atoms with E-state index in [1.54, 1.807) is 4.88 Å². The van der Waals surface area contributed by atoms with Crippen LogP contribution >= 0.6 is 11.3 Å². The Bertz CT molecular complexity index is 409. The van der Waals surface area contributed by atoms with Crippen LogP contribution in [0.4, 0.5) is 0 Å². The Morgan fingerprint density at radius 1 is 1.22 bits per heavy atom. The molecule has 1 aromatic heterocycles. The summed E-state index contributed by atoms with van der Waals surface area (Å²) in [5.74, 6) is 0. The molecule has 2 aliphatic rings. The predicted octanol–water partition coefficient (Wildman–Crippen LogP) is 3.68. The lowest BCUT2D eigenvalue weighted by Crippen LogP contribution is -2.38. The molecule has 1 aromatic rings. The summed E-state index contributed by atoms with van der Waals surface area (Å²) in [6, 6.07) is 1.44. The number of hydrogen-bond donors (Lipinski definition) is 0. The number of hydrogen-bond acceptors (Lipinski definition) is 3. The smallest absolute Gasteiger partial charge is 0.0480 e. The molecule has 1 unspecified atom stereocenters. The highest BCUT2D eigenvalue weighted by Gasteiger charge is 2.34. The van der Waals surface area contributed by atoms with Crippen molar-refractivity contribution in [2.75, 3.05) is 19.8 Å². The lowest BCUT2D eigenvalue weighted by molar-refractivity contribution is 0.0295. The second-order valence-electron chi connectivity index (χ2n) is 5.65. The van der Waals surface area contributed by atoms with Crippen molar-refractivity contribution in [3.05, 3.63) is 21.4 Å². The second-order valence-corrected chi connectivity index (χ2v) is 6.56. The minimum absolute atomic E-state index is 0.687. The molecule has 0 radical (unpaired) electrons. The molecule has 2 fully saturated rings. The lowest BCUT2D eigenvalue weighted by Gasteiger charge is -2.35. The third-order valence-corrected chi connectivity index (χ3v) is 5.88. The molecule has 100 valence electrons. The van der Waals surface area contributed by atoms with Crippen molar-refractivity contribution in [3.63, 3.8) is 0 Å². The first-order valence-electron chi connectivity index (χ1n) is 7.15. The fourth-order valence-electron chi connectivity index (χ4n) is 3.38. The maximum Gasteiger partial charge on any atom is 0.0480 e. The van der Waals surface area contributed by atoms with Crippen LogP contribution in [0.1, 0.15) is 47.7 Å². The van der Waals surface area contributed by atoms with E-state index in [1.165, 1.54) is 43.4 Å². The van der Waals surface area contributed by atoms with E-state index in [-0.39, 0.29) is 0 Å². The molecule has 0 aromatic carbocycles. The van der Waals surface area contributed by atoms with Gasteiger partial charge < -0.3 is 4.74 Å². The number of nitrogens with zero attached hydrogens (tertiary/aromatic N) is 1. The summed E-state index contributed by atoms with van der Waals surface area (Å²) >= 11 is 1.97. The van der Waals surface area contributed by atoms with Crippen molar-refractivity contribution in [2.24, 2.45) is 0 Å². The Hall–Kier alpha value is -0.380. The number of thiophene rings is 1. The monoisotopic (exact) mass is 265 g/mol. The molecule has 0 spiro atoms. The average molecular weight is 265 g/mol. The quantitative estimate of drug-likeness (QED) is 0.809. The zero-order valence-corrected chi connectivity index (χ0v) is 12.3. The van der Waals surface area contributed by atoms with E-state index in [0.29, 0.717) is 6.04 Å². The van der Waals surface area contributed by atoms with Gasteiger partial charge in [-0.25, -0.2) is 0 Å². The Labute approximate surface area is 114 Å². The summed E-state index contributed by atoms with van der Waals surface area (Å²) in [7, 11) is 0. The maximum atomic E-state index is 5.50. The van der Waals surface area contributed by atoms with Gasteiger partial charge in [-0.05, 0) is 62.6 Å². The largest absolute Gasteiger partial charge is 0.381 e. The van der Waals surface area contributed by atoms with Crippen molar-refractivity contribution >= 4 is 11.3 Å². The Balaban J connectivity index is 1.80. The van der Waals surface area contributed by atoms with Gasteiger partial charge in [0.2, 0.25) is 0 Å². The van der Waals surface area contributed by atoms with Gasteiger partial charge in [-0.15, -0.1) is 11.3 Å². The van der Waals surface area contributed by atoms with E-state index < -0.39 is 0 Å². The van der Waals surface area contributed by atoms with Crippen molar-refractivity contribution < 1.29 is 4.74 Å². The molecule has 0 amide bonds. The normalized spacial score (nSPS) is 26.9. The molecular formula is C15H23NOS. The molecular weight excluding hydrogens is 242 g/mol. The number of aryl methyl sites for hydroxylation is 1. The zero-order chi connectivity index (χ0) is 12.5. The van der Waals surface area contributed by atoms with Gasteiger partial charge >= 0.3 is 0 Å². The molecule has 0 bridgehead atoms. The van der Waals surface area contributed by atoms with E-state index in [4.69, 9.17) is 4.74 Å². The molecule has 18 heavy (non-hydrogen) atoms. The minimum Gasteiger partial charge on any atom is -0.381 e. The highest BCUT2D eigenvalue weighted by Crippen LogP contribution is 2.40. The molecule has 3 heterocycles. The van der Waals surface area contributed by atoms with Crippen LogP contribution in [0.15, 0.2) is 5.38 Å². The molecule has 2 nitrogen and oxygen atoms in total. The number of rotatable bonds is 2. The predicted molar refractivity (Wildman–Crippen MR) is 76.3 cm³/mol. The summed E-state index contributed by atoms with van der Waals surface area (Å²) in [5, 5.41) is 2.32.